The van der Waals surface area contributed by atoms with E-state index in [1.165, 1.54) is 0 Å². The van der Waals surface area contributed by atoms with Crippen LogP contribution in [0.2, 0.25) is 0 Å². The highest BCUT2D eigenvalue weighted by atomic mass is 14.8. The number of rotatable bonds is 2. The van der Waals surface area contributed by atoms with Gasteiger partial charge in [0.05, 0.1) is 18.7 Å². The average Bonchev–Trinajstić information content (AvgIpc) is 2.14. The molecule has 2 nitrogen and oxygen atoms in total. The molecule has 0 amide bonds. The van der Waals surface area contributed by atoms with E-state index in [0.29, 0.717) is 0 Å². The van der Waals surface area contributed by atoms with Gasteiger partial charge in [-0.3, -0.25) is 4.98 Å². The van der Waals surface area contributed by atoms with Gasteiger partial charge in [0, 0.05) is 6.20 Å². The maximum Gasteiger partial charge on any atom is 0.0574 e. The molecule has 0 aromatic carbocycles. The number of nitrogens with zero attached hydrogens (tertiary/aromatic N) is 1. The summed E-state index contributed by atoms with van der Waals surface area (Å²) in [5, 5.41) is 2.96. The monoisotopic (exact) mass is 160 g/mol. The minimum Gasteiger partial charge on any atom is -0.309 e. The molecule has 0 radical (unpaired) electrons. The Balaban J connectivity index is 2.40. The number of pyridine rings is 1. The molecule has 1 aromatic rings. The first kappa shape index (κ1) is 8.76. The molecule has 0 fully saturated rings. The molecule has 0 bridgehead atoms. The van der Waals surface area contributed by atoms with Gasteiger partial charge in [-0.1, -0.05) is 17.9 Å². The van der Waals surface area contributed by atoms with Gasteiger partial charge in [-0.2, -0.15) is 0 Å². The number of aromatic nitrogens is 1. The molecule has 62 valence electrons. The zero-order valence-corrected chi connectivity index (χ0v) is 7.17. The first-order valence-corrected chi connectivity index (χ1v) is 3.93. The third-order valence-electron chi connectivity index (χ3n) is 1.39. The van der Waals surface area contributed by atoms with Crippen molar-refractivity contribution in [3.05, 3.63) is 30.1 Å². The average molecular weight is 160 g/mol. The van der Waals surface area contributed by atoms with Crippen molar-refractivity contribution in [2.45, 2.75) is 6.42 Å². The zero-order chi connectivity index (χ0) is 8.65. The highest BCUT2D eigenvalue weighted by Gasteiger charge is 1.85. The summed E-state index contributed by atoms with van der Waals surface area (Å²) in [6.07, 6.45) is 2.53. The Kier molecular flexibility index (Phi) is 3.90. The molecular weight excluding hydrogens is 148 g/mol. The Morgan fingerprint density at radius 2 is 2.33 bits per heavy atom. The van der Waals surface area contributed by atoms with Gasteiger partial charge in [-0.15, -0.1) is 0 Å². The van der Waals surface area contributed by atoms with Gasteiger partial charge < -0.3 is 5.32 Å². The van der Waals surface area contributed by atoms with Crippen molar-refractivity contribution in [3.63, 3.8) is 0 Å². The molecule has 0 spiro atoms. The minimum absolute atomic E-state index is 0.739. The third kappa shape index (κ3) is 3.18. The van der Waals surface area contributed by atoms with Crippen molar-refractivity contribution in [2.24, 2.45) is 0 Å². The Morgan fingerprint density at radius 3 is 3.00 bits per heavy atom. The molecule has 2 heteroatoms. The van der Waals surface area contributed by atoms with Crippen LogP contribution in [0.15, 0.2) is 24.4 Å². The normalized spacial score (nSPS) is 8.75. The summed E-state index contributed by atoms with van der Waals surface area (Å²) < 4.78 is 0. The molecule has 1 heterocycles. The molecule has 0 aliphatic rings. The molecule has 0 aliphatic carbocycles. The van der Waals surface area contributed by atoms with Crippen molar-refractivity contribution in [1.29, 1.82) is 0 Å². The first-order valence-electron chi connectivity index (χ1n) is 3.93. The Bertz CT molecular complexity index is 269. The van der Waals surface area contributed by atoms with Crippen molar-refractivity contribution in [2.75, 3.05) is 13.6 Å². The Morgan fingerprint density at radius 1 is 1.42 bits per heavy atom. The summed E-state index contributed by atoms with van der Waals surface area (Å²) in [6, 6.07) is 5.86. The van der Waals surface area contributed by atoms with Gasteiger partial charge in [0.1, 0.15) is 0 Å². The highest BCUT2D eigenvalue weighted by Crippen LogP contribution is 1.92. The fraction of sp³-hybridized carbons (Fsp3) is 0.300. The molecule has 0 unspecified atom stereocenters. The van der Waals surface area contributed by atoms with Gasteiger partial charge in [0.25, 0.3) is 0 Å². The predicted octanol–water partition coefficient (Wildman–Crippen LogP) is 0.847. The van der Waals surface area contributed by atoms with Crippen LogP contribution in [0.25, 0.3) is 0 Å². The molecule has 12 heavy (non-hydrogen) atoms. The topological polar surface area (TPSA) is 24.9 Å². The van der Waals surface area contributed by atoms with Gasteiger partial charge >= 0.3 is 0 Å². The van der Waals surface area contributed by atoms with Crippen LogP contribution in [0.3, 0.4) is 0 Å². The SMILES string of the molecule is CNCC#CCc1ccccn1. The molecular formula is C10H12N2. The van der Waals surface area contributed by atoms with E-state index in [4.69, 9.17) is 0 Å². The quantitative estimate of drug-likeness (QED) is 0.649. The van der Waals surface area contributed by atoms with Gasteiger partial charge in [0.15, 0.2) is 0 Å². The van der Waals surface area contributed by atoms with E-state index < -0.39 is 0 Å². The standard InChI is InChI=1S/C10H12N2/c1-11-8-4-2-6-10-7-3-5-9-12-10/h3,5,7,9,11H,6,8H2,1H3. The van der Waals surface area contributed by atoms with Crippen LogP contribution in [0.4, 0.5) is 0 Å². The second kappa shape index (κ2) is 5.34. The molecule has 0 atom stereocenters. The zero-order valence-electron chi connectivity index (χ0n) is 7.17. The van der Waals surface area contributed by atoms with Gasteiger partial charge in [0.2, 0.25) is 0 Å². The summed E-state index contributed by atoms with van der Waals surface area (Å²) in [7, 11) is 1.88. The molecule has 0 saturated heterocycles. The van der Waals surface area contributed by atoms with E-state index in [1.807, 2.05) is 25.2 Å². The van der Waals surface area contributed by atoms with Crippen LogP contribution in [0, 0.1) is 11.8 Å². The third-order valence-corrected chi connectivity index (χ3v) is 1.39. The van der Waals surface area contributed by atoms with Gasteiger partial charge in [-0.25, -0.2) is 0 Å². The Hall–Kier alpha value is -1.33. The van der Waals surface area contributed by atoms with Gasteiger partial charge in [-0.05, 0) is 19.2 Å². The number of hydrogen-bond acceptors (Lipinski definition) is 2. The van der Waals surface area contributed by atoms with E-state index in [9.17, 15) is 0 Å². The summed E-state index contributed by atoms with van der Waals surface area (Å²) in [5.41, 5.74) is 1.03. The lowest BCUT2D eigenvalue weighted by molar-refractivity contribution is 0.936. The fourth-order valence-corrected chi connectivity index (χ4v) is 0.807. The van der Waals surface area contributed by atoms with Crippen LogP contribution in [-0.4, -0.2) is 18.6 Å². The Labute approximate surface area is 73.0 Å². The van der Waals surface area contributed by atoms with E-state index in [2.05, 4.69) is 22.1 Å². The predicted molar refractivity (Wildman–Crippen MR) is 49.6 cm³/mol. The minimum atomic E-state index is 0.739. The molecule has 0 saturated carbocycles. The molecule has 1 N–H and O–H groups in total. The second-order valence-corrected chi connectivity index (χ2v) is 2.38. The van der Waals surface area contributed by atoms with Crippen LogP contribution in [-0.2, 0) is 6.42 Å². The van der Waals surface area contributed by atoms with E-state index in [-0.39, 0.29) is 0 Å². The molecule has 1 rings (SSSR count). The molecule has 1 aromatic heterocycles. The second-order valence-electron chi connectivity index (χ2n) is 2.38. The smallest absolute Gasteiger partial charge is 0.0574 e. The highest BCUT2D eigenvalue weighted by molar-refractivity contribution is 5.13. The molecule has 0 aliphatic heterocycles. The summed E-state index contributed by atoms with van der Waals surface area (Å²) >= 11 is 0. The van der Waals surface area contributed by atoms with Crippen LogP contribution < -0.4 is 5.32 Å². The lowest BCUT2D eigenvalue weighted by Gasteiger charge is -1.90. The largest absolute Gasteiger partial charge is 0.309 e. The summed E-state index contributed by atoms with van der Waals surface area (Å²) in [4.78, 5) is 4.15. The maximum atomic E-state index is 4.15. The summed E-state index contributed by atoms with van der Waals surface area (Å²) in [6.45, 7) is 0.743. The maximum absolute atomic E-state index is 4.15. The lowest BCUT2D eigenvalue weighted by atomic mass is 10.3. The van der Waals surface area contributed by atoms with Crippen molar-refractivity contribution in [1.82, 2.24) is 10.3 Å². The van der Waals surface area contributed by atoms with E-state index in [0.717, 1.165) is 18.7 Å². The fourth-order valence-electron chi connectivity index (χ4n) is 0.807. The van der Waals surface area contributed by atoms with Crippen LogP contribution >= 0.6 is 0 Å². The van der Waals surface area contributed by atoms with Crippen LogP contribution in [0.5, 0.6) is 0 Å². The van der Waals surface area contributed by atoms with E-state index >= 15 is 0 Å². The number of nitrogens with one attached hydrogen (secondary N) is 1. The van der Waals surface area contributed by atoms with Crippen molar-refractivity contribution >= 4 is 0 Å². The lowest BCUT2D eigenvalue weighted by Crippen LogP contribution is -2.04. The van der Waals surface area contributed by atoms with E-state index in [1.54, 1.807) is 6.20 Å². The van der Waals surface area contributed by atoms with Crippen molar-refractivity contribution < 1.29 is 0 Å². The summed E-state index contributed by atoms with van der Waals surface area (Å²) in [5.74, 6) is 6.01. The van der Waals surface area contributed by atoms with Crippen LogP contribution in [0.1, 0.15) is 5.69 Å². The first-order chi connectivity index (χ1) is 5.93. The van der Waals surface area contributed by atoms with Crippen molar-refractivity contribution in [3.8, 4) is 11.8 Å². The number of hydrogen-bond donors (Lipinski definition) is 1.